The average Bonchev–Trinajstić information content (AvgIpc) is 2.73. The SMILES string of the molecule is Cc1cc([C@@H](C)Nc2cc(F)ccc2Br)c2oc(N3CCC(C)(C)CC3)c(C)c(=O)c2c1. The first kappa shape index (κ1) is 22.8. The maximum Gasteiger partial charge on any atom is 0.202 e. The van der Waals surface area contributed by atoms with Crippen molar-refractivity contribution in [2.24, 2.45) is 5.41 Å². The number of nitrogens with zero attached hydrogens (tertiary/aromatic N) is 1. The number of rotatable bonds is 4. The molecule has 2 heterocycles. The Morgan fingerprint density at radius 2 is 1.84 bits per heavy atom. The smallest absolute Gasteiger partial charge is 0.202 e. The maximum atomic E-state index is 13.8. The Labute approximate surface area is 196 Å². The van der Waals surface area contributed by atoms with Gasteiger partial charge in [0.15, 0.2) is 5.43 Å². The van der Waals surface area contributed by atoms with Crippen molar-refractivity contribution < 1.29 is 8.81 Å². The second kappa shape index (κ2) is 8.54. The summed E-state index contributed by atoms with van der Waals surface area (Å²) in [7, 11) is 0. The number of fused-ring (bicyclic) bond motifs is 1. The first-order valence-electron chi connectivity index (χ1n) is 11.1. The lowest BCUT2D eigenvalue weighted by atomic mass is 9.82. The quantitative estimate of drug-likeness (QED) is 0.414. The van der Waals surface area contributed by atoms with E-state index in [1.807, 2.05) is 32.9 Å². The van der Waals surface area contributed by atoms with Crippen molar-refractivity contribution in [3.8, 4) is 0 Å². The number of anilines is 2. The molecule has 0 spiro atoms. The molecule has 3 aromatic rings. The van der Waals surface area contributed by atoms with Crippen LogP contribution in [0.5, 0.6) is 0 Å². The van der Waals surface area contributed by atoms with Gasteiger partial charge in [0.1, 0.15) is 11.4 Å². The molecule has 0 unspecified atom stereocenters. The highest BCUT2D eigenvalue weighted by Crippen LogP contribution is 2.36. The van der Waals surface area contributed by atoms with Crippen molar-refractivity contribution in [1.82, 2.24) is 0 Å². The highest BCUT2D eigenvalue weighted by molar-refractivity contribution is 9.10. The van der Waals surface area contributed by atoms with E-state index in [0.29, 0.717) is 33.5 Å². The van der Waals surface area contributed by atoms with E-state index < -0.39 is 0 Å². The molecule has 1 N–H and O–H groups in total. The first-order chi connectivity index (χ1) is 15.1. The Bertz CT molecular complexity index is 1220. The fraction of sp³-hybridized carbons (Fsp3) is 0.423. The van der Waals surface area contributed by atoms with E-state index in [0.717, 1.165) is 41.5 Å². The highest BCUT2D eigenvalue weighted by atomic mass is 79.9. The number of hydrogen-bond donors (Lipinski definition) is 1. The Balaban J connectivity index is 1.80. The van der Waals surface area contributed by atoms with E-state index in [2.05, 4.69) is 40.0 Å². The predicted octanol–water partition coefficient (Wildman–Crippen LogP) is 7.11. The average molecular weight is 501 g/mol. The standard InChI is InChI=1S/C26H30BrFN2O2/c1-15-12-19(17(3)29-22-14-18(28)6-7-21(22)27)24-20(13-15)23(31)16(2)25(32-24)30-10-8-26(4,5)9-11-30/h6-7,12-14,17,29H,8-11H2,1-5H3/t17-/m1/s1. The van der Waals surface area contributed by atoms with Crippen LogP contribution in [-0.2, 0) is 0 Å². The molecule has 1 fully saturated rings. The summed E-state index contributed by atoms with van der Waals surface area (Å²) in [5.41, 5.74) is 4.09. The Hall–Kier alpha value is -2.34. The first-order valence-corrected chi connectivity index (χ1v) is 11.9. The van der Waals surface area contributed by atoms with E-state index in [1.165, 1.54) is 12.1 Å². The molecule has 1 aliphatic heterocycles. The summed E-state index contributed by atoms with van der Waals surface area (Å²) in [6, 6.07) is 8.28. The lowest BCUT2D eigenvalue weighted by Crippen LogP contribution is -2.38. The summed E-state index contributed by atoms with van der Waals surface area (Å²) >= 11 is 3.48. The molecule has 0 radical (unpaired) electrons. The van der Waals surface area contributed by atoms with E-state index in [9.17, 15) is 9.18 Å². The predicted molar refractivity (Wildman–Crippen MR) is 133 cm³/mol. The third kappa shape index (κ3) is 4.42. The lowest BCUT2D eigenvalue weighted by molar-refractivity contribution is 0.274. The molecule has 2 aromatic carbocycles. The van der Waals surface area contributed by atoms with Crippen LogP contribution < -0.4 is 15.6 Å². The Morgan fingerprint density at radius 1 is 1.16 bits per heavy atom. The van der Waals surface area contributed by atoms with Crippen LogP contribution in [0.15, 0.2) is 44.0 Å². The van der Waals surface area contributed by atoms with Crippen LogP contribution in [0.4, 0.5) is 16.0 Å². The zero-order valence-corrected chi connectivity index (χ0v) is 20.9. The normalized spacial score (nSPS) is 16.9. The minimum atomic E-state index is -0.311. The molecule has 32 heavy (non-hydrogen) atoms. The molecule has 6 heteroatoms. The number of aryl methyl sites for hydroxylation is 1. The van der Waals surface area contributed by atoms with Crippen molar-refractivity contribution in [3.05, 3.63) is 67.5 Å². The van der Waals surface area contributed by atoms with Crippen LogP contribution in [-0.4, -0.2) is 13.1 Å². The molecule has 0 saturated carbocycles. The molecule has 1 aliphatic rings. The maximum absolute atomic E-state index is 13.8. The molecular weight excluding hydrogens is 471 g/mol. The number of hydrogen-bond acceptors (Lipinski definition) is 4. The largest absolute Gasteiger partial charge is 0.440 e. The fourth-order valence-electron chi connectivity index (χ4n) is 4.41. The van der Waals surface area contributed by atoms with Crippen LogP contribution in [0.25, 0.3) is 11.0 Å². The molecule has 1 atom stereocenters. The Morgan fingerprint density at radius 3 is 2.53 bits per heavy atom. The van der Waals surface area contributed by atoms with Gasteiger partial charge >= 0.3 is 0 Å². The van der Waals surface area contributed by atoms with Crippen LogP contribution >= 0.6 is 15.9 Å². The third-order valence-corrected chi connectivity index (χ3v) is 7.23. The number of halogens is 2. The molecule has 0 bridgehead atoms. The molecule has 0 amide bonds. The molecule has 0 aliphatic carbocycles. The summed E-state index contributed by atoms with van der Waals surface area (Å²) in [6.45, 7) is 12.1. The van der Waals surface area contributed by atoms with Crippen LogP contribution in [0.2, 0.25) is 0 Å². The van der Waals surface area contributed by atoms with Gasteiger partial charge in [-0.05, 0) is 84.8 Å². The van der Waals surface area contributed by atoms with E-state index in [-0.39, 0.29) is 17.3 Å². The molecule has 4 nitrogen and oxygen atoms in total. The highest BCUT2D eigenvalue weighted by Gasteiger charge is 2.28. The summed E-state index contributed by atoms with van der Waals surface area (Å²) in [5, 5.41) is 3.96. The monoisotopic (exact) mass is 500 g/mol. The molecule has 1 aromatic heterocycles. The summed E-state index contributed by atoms with van der Waals surface area (Å²) in [5.74, 6) is 0.358. The summed E-state index contributed by atoms with van der Waals surface area (Å²) in [4.78, 5) is 15.5. The second-order valence-corrected chi connectivity index (χ2v) is 10.6. The summed E-state index contributed by atoms with van der Waals surface area (Å²) < 4.78 is 21.1. The second-order valence-electron chi connectivity index (χ2n) is 9.73. The zero-order valence-electron chi connectivity index (χ0n) is 19.3. The Kier molecular flexibility index (Phi) is 6.10. The van der Waals surface area contributed by atoms with Gasteiger partial charge in [0.05, 0.1) is 22.7 Å². The number of piperidine rings is 1. The van der Waals surface area contributed by atoms with Crippen LogP contribution in [0, 0.1) is 25.1 Å². The minimum absolute atomic E-state index is 0.00942. The lowest BCUT2D eigenvalue weighted by Gasteiger charge is -2.37. The number of benzene rings is 2. The van der Waals surface area contributed by atoms with E-state index in [1.54, 1.807) is 6.07 Å². The minimum Gasteiger partial charge on any atom is -0.440 e. The van der Waals surface area contributed by atoms with Crippen molar-refractivity contribution in [2.75, 3.05) is 23.3 Å². The molecule has 4 rings (SSSR count). The third-order valence-electron chi connectivity index (χ3n) is 6.54. The van der Waals surface area contributed by atoms with Crippen molar-refractivity contribution in [2.45, 2.75) is 53.5 Å². The van der Waals surface area contributed by atoms with Gasteiger partial charge in [-0.25, -0.2) is 4.39 Å². The van der Waals surface area contributed by atoms with Gasteiger partial charge in [0, 0.05) is 23.1 Å². The van der Waals surface area contributed by atoms with Gasteiger partial charge in [-0.15, -0.1) is 0 Å². The van der Waals surface area contributed by atoms with Crippen LogP contribution in [0.3, 0.4) is 0 Å². The van der Waals surface area contributed by atoms with E-state index >= 15 is 0 Å². The van der Waals surface area contributed by atoms with Gasteiger partial charge in [-0.1, -0.05) is 19.9 Å². The molecule has 1 saturated heterocycles. The van der Waals surface area contributed by atoms with E-state index in [4.69, 9.17) is 4.42 Å². The van der Waals surface area contributed by atoms with Crippen LogP contribution in [0.1, 0.15) is 56.3 Å². The topological polar surface area (TPSA) is 45.5 Å². The molecule has 170 valence electrons. The van der Waals surface area contributed by atoms with Gasteiger partial charge in [0.2, 0.25) is 5.88 Å². The zero-order chi connectivity index (χ0) is 23.2. The van der Waals surface area contributed by atoms with Gasteiger partial charge in [-0.3, -0.25) is 4.79 Å². The van der Waals surface area contributed by atoms with Gasteiger partial charge in [-0.2, -0.15) is 0 Å². The molecular formula is C26H30BrFN2O2. The van der Waals surface area contributed by atoms with Gasteiger partial charge in [0.25, 0.3) is 0 Å². The fourth-order valence-corrected chi connectivity index (χ4v) is 4.77. The van der Waals surface area contributed by atoms with Crippen molar-refractivity contribution >= 4 is 38.5 Å². The summed E-state index contributed by atoms with van der Waals surface area (Å²) in [6.07, 6.45) is 2.11. The number of nitrogens with one attached hydrogen (secondary N) is 1. The van der Waals surface area contributed by atoms with Crippen molar-refractivity contribution in [3.63, 3.8) is 0 Å². The van der Waals surface area contributed by atoms with Gasteiger partial charge < -0.3 is 14.6 Å². The van der Waals surface area contributed by atoms with Crippen molar-refractivity contribution in [1.29, 1.82) is 0 Å².